The van der Waals surface area contributed by atoms with E-state index in [-0.39, 0.29) is 40.7 Å². The second kappa shape index (κ2) is 9.55. The minimum Gasteiger partial charge on any atom is -0.545 e. The monoisotopic (exact) mass is 442 g/mol. The van der Waals surface area contributed by atoms with Crippen LogP contribution in [0.15, 0.2) is 72.9 Å². The molecule has 0 aliphatic rings. The first-order chi connectivity index (χ1) is 14.4. The van der Waals surface area contributed by atoms with Crippen molar-refractivity contribution in [1.82, 2.24) is 4.98 Å². The Morgan fingerprint density at radius 2 is 1.68 bits per heavy atom. The zero-order valence-corrected chi connectivity index (χ0v) is 17.9. The molecular formula is C23H13Cl2LiN2O3. The predicted molar refractivity (Wildman–Crippen MR) is 116 cm³/mol. The van der Waals surface area contributed by atoms with E-state index in [0.717, 1.165) is 16.5 Å². The Bertz CT molecular complexity index is 1310. The van der Waals surface area contributed by atoms with Gasteiger partial charge in [0.25, 0.3) is 5.91 Å². The van der Waals surface area contributed by atoms with E-state index >= 15 is 0 Å². The second-order valence-corrected chi connectivity index (χ2v) is 7.35. The molecule has 0 aliphatic heterocycles. The van der Waals surface area contributed by atoms with Crippen LogP contribution >= 0.6 is 23.2 Å². The number of pyridine rings is 1. The Kier molecular flexibility index (Phi) is 7.04. The van der Waals surface area contributed by atoms with Crippen LogP contribution in [0.25, 0.3) is 22.0 Å². The fourth-order valence-electron chi connectivity index (χ4n) is 3.19. The van der Waals surface area contributed by atoms with Crippen molar-refractivity contribution in [3.8, 4) is 11.1 Å². The van der Waals surface area contributed by atoms with Crippen molar-refractivity contribution < 1.29 is 33.6 Å². The van der Waals surface area contributed by atoms with Crippen molar-refractivity contribution in [2.24, 2.45) is 0 Å². The molecule has 31 heavy (non-hydrogen) atoms. The minimum absolute atomic E-state index is 0. The van der Waals surface area contributed by atoms with Crippen LogP contribution in [0.1, 0.15) is 20.7 Å². The minimum atomic E-state index is -1.41. The number of carbonyl (C=O) groups excluding carboxylic acids is 2. The van der Waals surface area contributed by atoms with E-state index in [9.17, 15) is 14.7 Å². The third-order valence-electron chi connectivity index (χ3n) is 4.61. The van der Waals surface area contributed by atoms with Crippen molar-refractivity contribution in [1.29, 1.82) is 0 Å². The van der Waals surface area contributed by atoms with Crippen LogP contribution in [0.4, 0.5) is 5.69 Å². The topological polar surface area (TPSA) is 82.1 Å². The SMILES string of the molecule is O=C(Nc1ccc(-c2cccc3cccnc23)cc1C(=O)[O-])c1ccc(Cl)cc1Cl.[Li+]. The van der Waals surface area contributed by atoms with Crippen LogP contribution in [0, 0.1) is 0 Å². The first kappa shape index (κ1) is 22.9. The number of hydrogen-bond donors (Lipinski definition) is 1. The van der Waals surface area contributed by atoms with Crippen LogP contribution in [0.2, 0.25) is 10.0 Å². The molecule has 148 valence electrons. The summed E-state index contributed by atoms with van der Waals surface area (Å²) in [6, 6.07) is 18.5. The number of rotatable bonds is 4. The summed E-state index contributed by atoms with van der Waals surface area (Å²) in [6.45, 7) is 0. The number of aromatic carboxylic acids is 1. The molecule has 0 atom stereocenters. The molecule has 0 unspecified atom stereocenters. The summed E-state index contributed by atoms with van der Waals surface area (Å²) in [5, 5.41) is 15.8. The maximum Gasteiger partial charge on any atom is 1.00 e. The molecule has 0 saturated heterocycles. The summed E-state index contributed by atoms with van der Waals surface area (Å²) in [4.78, 5) is 28.8. The van der Waals surface area contributed by atoms with Gasteiger partial charge in [0.05, 0.1) is 27.8 Å². The quantitative estimate of drug-likeness (QED) is 0.488. The van der Waals surface area contributed by atoms with Gasteiger partial charge in [-0.25, -0.2) is 0 Å². The van der Waals surface area contributed by atoms with Crippen LogP contribution in [0.5, 0.6) is 0 Å². The Morgan fingerprint density at radius 3 is 2.42 bits per heavy atom. The van der Waals surface area contributed by atoms with Gasteiger partial charge in [0.15, 0.2) is 0 Å². The molecule has 8 heteroatoms. The number of carbonyl (C=O) groups is 2. The maximum atomic E-state index is 12.6. The number of para-hydroxylation sites is 1. The van der Waals surface area contributed by atoms with Crippen molar-refractivity contribution >= 4 is 51.7 Å². The zero-order valence-electron chi connectivity index (χ0n) is 16.4. The molecule has 0 spiro atoms. The van der Waals surface area contributed by atoms with E-state index in [4.69, 9.17) is 23.2 Å². The van der Waals surface area contributed by atoms with Crippen molar-refractivity contribution in [2.45, 2.75) is 0 Å². The fraction of sp³-hybridized carbons (Fsp3) is 0. The average Bonchev–Trinajstić information content (AvgIpc) is 2.73. The molecule has 1 amide bonds. The predicted octanol–water partition coefficient (Wildman–Crippen LogP) is 1.83. The fourth-order valence-corrected chi connectivity index (χ4v) is 3.68. The number of nitrogens with zero attached hydrogens (tertiary/aromatic N) is 1. The van der Waals surface area contributed by atoms with E-state index in [0.29, 0.717) is 10.6 Å². The largest absolute Gasteiger partial charge is 1.00 e. The molecule has 0 bridgehead atoms. The first-order valence-electron chi connectivity index (χ1n) is 8.90. The van der Waals surface area contributed by atoms with Gasteiger partial charge in [0, 0.05) is 27.7 Å². The molecule has 3 aromatic carbocycles. The van der Waals surface area contributed by atoms with E-state index in [1.54, 1.807) is 12.3 Å². The Morgan fingerprint density at radius 1 is 0.903 bits per heavy atom. The van der Waals surface area contributed by atoms with E-state index in [2.05, 4.69) is 10.3 Å². The first-order valence-corrected chi connectivity index (χ1v) is 9.65. The van der Waals surface area contributed by atoms with Crippen molar-refractivity contribution in [2.75, 3.05) is 5.32 Å². The molecule has 5 nitrogen and oxygen atoms in total. The maximum absolute atomic E-state index is 12.6. The van der Waals surface area contributed by atoms with E-state index in [1.807, 2.05) is 30.3 Å². The van der Waals surface area contributed by atoms with Gasteiger partial charge in [-0.1, -0.05) is 53.5 Å². The third-order valence-corrected chi connectivity index (χ3v) is 5.15. The summed E-state index contributed by atoms with van der Waals surface area (Å²) in [5.41, 5.74) is 2.28. The van der Waals surface area contributed by atoms with Crippen LogP contribution in [-0.2, 0) is 0 Å². The smallest absolute Gasteiger partial charge is 0.545 e. The number of nitrogens with one attached hydrogen (secondary N) is 1. The molecule has 0 saturated carbocycles. The molecule has 4 rings (SSSR count). The van der Waals surface area contributed by atoms with Crippen LogP contribution < -0.4 is 29.3 Å². The van der Waals surface area contributed by atoms with E-state index in [1.165, 1.54) is 30.3 Å². The number of aromatic nitrogens is 1. The molecule has 1 N–H and O–H groups in total. The van der Waals surface area contributed by atoms with E-state index < -0.39 is 11.9 Å². The standard InChI is InChI=1S/C23H14Cl2N2O3.Li/c24-15-7-8-17(19(25)12-15)22(28)27-20-9-6-14(11-18(20)23(29)30)16-5-1-3-13-4-2-10-26-21(13)16;/h1-12H,(H,27,28)(H,29,30);/q;+1/p-1. The van der Waals surface area contributed by atoms with Gasteiger partial charge in [0.2, 0.25) is 0 Å². The Balaban J connectivity index is 0.00000272. The second-order valence-electron chi connectivity index (χ2n) is 6.51. The average molecular weight is 443 g/mol. The number of amides is 1. The molecular weight excluding hydrogens is 430 g/mol. The molecule has 0 fully saturated rings. The Hall–Kier alpha value is -2.81. The summed E-state index contributed by atoms with van der Waals surface area (Å²) in [7, 11) is 0. The molecule has 4 aromatic rings. The normalized spacial score (nSPS) is 10.4. The number of anilines is 1. The van der Waals surface area contributed by atoms with Gasteiger partial charge < -0.3 is 15.2 Å². The molecule has 1 heterocycles. The number of carboxylic acids is 1. The number of fused-ring (bicyclic) bond motifs is 1. The molecule has 0 radical (unpaired) electrons. The van der Waals surface area contributed by atoms with Gasteiger partial charge in [-0.05, 0) is 42.0 Å². The van der Waals surface area contributed by atoms with Crippen molar-refractivity contribution in [3.05, 3.63) is 94.1 Å². The van der Waals surface area contributed by atoms with Gasteiger partial charge in [-0.3, -0.25) is 9.78 Å². The number of carboxylic acid groups (broad SMARTS) is 1. The summed E-state index contributed by atoms with van der Waals surface area (Å²) in [6.07, 6.45) is 1.68. The molecule has 1 aromatic heterocycles. The number of benzene rings is 3. The third kappa shape index (κ3) is 4.76. The summed E-state index contributed by atoms with van der Waals surface area (Å²) < 4.78 is 0. The van der Waals surface area contributed by atoms with Crippen LogP contribution in [-0.4, -0.2) is 16.9 Å². The van der Waals surface area contributed by atoms with Crippen LogP contribution in [0.3, 0.4) is 0 Å². The summed E-state index contributed by atoms with van der Waals surface area (Å²) in [5.74, 6) is -1.97. The zero-order chi connectivity index (χ0) is 21.3. The summed E-state index contributed by atoms with van der Waals surface area (Å²) >= 11 is 11.9. The van der Waals surface area contributed by atoms with Gasteiger partial charge in [0.1, 0.15) is 0 Å². The Labute approximate surface area is 200 Å². The van der Waals surface area contributed by atoms with Gasteiger partial charge in [-0.2, -0.15) is 0 Å². The number of hydrogen-bond acceptors (Lipinski definition) is 4. The van der Waals surface area contributed by atoms with Gasteiger partial charge in [-0.15, -0.1) is 0 Å². The van der Waals surface area contributed by atoms with Crippen molar-refractivity contribution in [3.63, 3.8) is 0 Å². The molecule has 0 aliphatic carbocycles. The number of halogens is 2. The van der Waals surface area contributed by atoms with Gasteiger partial charge >= 0.3 is 18.9 Å².